The van der Waals surface area contributed by atoms with Crippen LogP contribution in [0.15, 0.2) is 0 Å². The summed E-state index contributed by atoms with van der Waals surface area (Å²) in [6.45, 7) is 22.8. The topological polar surface area (TPSA) is 0 Å². The zero-order valence-corrected chi connectivity index (χ0v) is 14.1. The highest BCUT2D eigenvalue weighted by Crippen LogP contribution is 2.74. The van der Waals surface area contributed by atoms with E-state index in [2.05, 4.69) is 62.3 Å². The molecule has 0 saturated heterocycles. The molecule has 0 aliphatic heterocycles. The molecule has 2 rings (SSSR count). The summed E-state index contributed by atoms with van der Waals surface area (Å²) in [6, 6.07) is 0. The van der Waals surface area contributed by atoms with E-state index >= 15 is 0 Å². The van der Waals surface area contributed by atoms with Gasteiger partial charge >= 0.3 is 0 Å². The van der Waals surface area contributed by atoms with Crippen LogP contribution in [0.3, 0.4) is 0 Å². The predicted octanol–water partition coefficient (Wildman–Crippen LogP) is 5.62. The maximum absolute atomic E-state index is 2.60. The minimum atomic E-state index is 0.482. The smallest absolute Gasteiger partial charge is 0.0218 e. The summed E-state index contributed by atoms with van der Waals surface area (Å²) in [6.07, 6.45) is 1.43. The van der Waals surface area contributed by atoms with Crippen molar-refractivity contribution in [3.05, 3.63) is 0 Å². The molecule has 0 aromatic carbocycles. The quantitative estimate of drug-likeness (QED) is 0.566. The molecule has 0 N–H and O–H groups in total. The van der Waals surface area contributed by atoms with Crippen molar-refractivity contribution < 1.29 is 0 Å². The molecule has 2 saturated carbocycles. The van der Waals surface area contributed by atoms with Gasteiger partial charge in [0.1, 0.15) is 0 Å². The van der Waals surface area contributed by atoms with Gasteiger partial charge in [-0.15, -0.1) is 0 Å². The molecule has 2 aliphatic carbocycles. The molecule has 2 aliphatic rings. The molecule has 0 aromatic rings. The van der Waals surface area contributed by atoms with Crippen molar-refractivity contribution in [1.82, 2.24) is 0 Å². The summed E-state index contributed by atoms with van der Waals surface area (Å²) in [5.74, 6) is 4.16. The van der Waals surface area contributed by atoms with E-state index in [0.29, 0.717) is 16.2 Å². The Morgan fingerprint density at radius 3 is 1.67 bits per heavy atom. The molecular formula is C18H34. The number of rotatable bonds is 1. The van der Waals surface area contributed by atoms with Gasteiger partial charge in [0, 0.05) is 0 Å². The molecule has 0 radical (unpaired) electrons. The van der Waals surface area contributed by atoms with Crippen molar-refractivity contribution in [3.8, 4) is 0 Å². The van der Waals surface area contributed by atoms with Crippen molar-refractivity contribution in [2.24, 2.45) is 45.8 Å². The Labute approximate surface area is 115 Å². The van der Waals surface area contributed by atoms with Crippen molar-refractivity contribution in [1.29, 1.82) is 0 Å². The Bertz CT molecular complexity index is 344. The molecule has 0 nitrogen and oxygen atoms in total. The largest absolute Gasteiger partial charge is 0.0622 e. The molecular weight excluding hydrogens is 216 g/mol. The highest BCUT2D eigenvalue weighted by atomic mass is 14.7. The molecule has 7 unspecified atom stereocenters. The monoisotopic (exact) mass is 250 g/mol. The van der Waals surface area contributed by atoms with Crippen LogP contribution in [0.4, 0.5) is 0 Å². The molecule has 0 amide bonds. The van der Waals surface area contributed by atoms with E-state index in [1.807, 2.05) is 0 Å². The maximum Gasteiger partial charge on any atom is -0.0218 e. The van der Waals surface area contributed by atoms with Crippen LogP contribution < -0.4 is 0 Å². The summed E-state index contributed by atoms with van der Waals surface area (Å²) in [5, 5.41) is 0. The Kier molecular flexibility index (Phi) is 3.01. The van der Waals surface area contributed by atoms with Crippen molar-refractivity contribution in [3.63, 3.8) is 0 Å². The second-order valence-corrected chi connectivity index (χ2v) is 8.69. The van der Waals surface area contributed by atoms with Gasteiger partial charge in [0.2, 0.25) is 0 Å². The van der Waals surface area contributed by atoms with Crippen LogP contribution in [0.2, 0.25) is 0 Å². The Balaban J connectivity index is 2.61. The normalized spacial score (nSPS) is 60.3. The first-order valence-electron chi connectivity index (χ1n) is 8.03. The van der Waals surface area contributed by atoms with Gasteiger partial charge in [-0.2, -0.15) is 0 Å². The van der Waals surface area contributed by atoms with Crippen molar-refractivity contribution >= 4 is 0 Å². The fourth-order valence-corrected chi connectivity index (χ4v) is 6.29. The van der Waals surface area contributed by atoms with E-state index < -0.39 is 0 Å². The van der Waals surface area contributed by atoms with Gasteiger partial charge in [-0.1, -0.05) is 62.3 Å². The van der Waals surface area contributed by atoms with Gasteiger partial charge in [-0.3, -0.25) is 0 Å². The highest BCUT2D eigenvalue weighted by Gasteiger charge is 2.68. The summed E-state index contributed by atoms with van der Waals surface area (Å²) in [7, 11) is 0. The van der Waals surface area contributed by atoms with Crippen LogP contribution >= 0.6 is 0 Å². The first-order chi connectivity index (χ1) is 8.03. The van der Waals surface area contributed by atoms with Crippen LogP contribution in [-0.2, 0) is 0 Å². The van der Waals surface area contributed by atoms with Crippen molar-refractivity contribution in [2.45, 2.75) is 68.7 Å². The molecule has 7 atom stereocenters. The molecule has 2 fully saturated rings. The fourth-order valence-electron chi connectivity index (χ4n) is 6.29. The molecule has 2 bridgehead atoms. The molecule has 0 aromatic heterocycles. The van der Waals surface area contributed by atoms with E-state index in [4.69, 9.17) is 0 Å². The van der Waals surface area contributed by atoms with E-state index in [9.17, 15) is 0 Å². The molecule has 106 valence electrons. The van der Waals surface area contributed by atoms with Gasteiger partial charge in [0.05, 0.1) is 0 Å². The molecule has 0 spiro atoms. The van der Waals surface area contributed by atoms with E-state index in [1.165, 1.54) is 6.42 Å². The number of fused-ring (bicyclic) bond motifs is 2. The molecule has 0 heteroatoms. The van der Waals surface area contributed by atoms with Gasteiger partial charge in [-0.25, -0.2) is 0 Å². The SMILES string of the molecule is CC1C(C)C2(C)CC1(C)C(C)C(C)C2(C)C(C)C. The van der Waals surface area contributed by atoms with Gasteiger partial charge in [0.25, 0.3) is 0 Å². The average Bonchev–Trinajstić information content (AvgIpc) is 2.47. The van der Waals surface area contributed by atoms with Gasteiger partial charge in [0.15, 0.2) is 0 Å². The zero-order chi connectivity index (χ0) is 14.1. The predicted molar refractivity (Wildman–Crippen MR) is 80.4 cm³/mol. The van der Waals surface area contributed by atoms with Crippen LogP contribution in [0.25, 0.3) is 0 Å². The minimum absolute atomic E-state index is 0.482. The third-order valence-electron chi connectivity index (χ3n) is 8.71. The average molecular weight is 250 g/mol. The van der Waals surface area contributed by atoms with Crippen LogP contribution in [0, 0.1) is 45.8 Å². The Morgan fingerprint density at radius 1 is 0.778 bits per heavy atom. The van der Waals surface area contributed by atoms with E-state index in [0.717, 1.165) is 29.6 Å². The third kappa shape index (κ3) is 1.28. The molecule has 18 heavy (non-hydrogen) atoms. The van der Waals surface area contributed by atoms with Crippen LogP contribution in [0.5, 0.6) is 0 Å². The summed E-state index contributed by atoms with van der Waals surface area (Å²) < 4.78 is 0. The van der Waals surface area contributed by atoms with Crippen LogP contribution in [0.1, 0.15) is 68.7 Å². The standard InChI is InChI=1S/C18H34/c1-11(2)18(9)15(6)13(4)16(7)10-17(18,8)14(5)12(16)3/h11-15H,10H2,1-9H3. The van der Waals surface area contributed by atoms with Crippen LogP contribution in [-0.4, -0.2) is 0 Å². The van der Waals surface area contributed by atoms with Gasteiger partial charge in [-0.05, 0) is 52.3 Å². The Morgan fingerprint density at radius 2 is 1.22 bits per heavy atom. The maximum atomic E-state index is 2.60. The lowest BCUT2D eigenvalue weighted by Crippen LogP contribution is -2.54. The lowest BCUT2D eigenvalue weighted by Gasteiger charge is -2.60. The van der Waals surface area contributed by atoms with E-state index in [1.54, 1.807) is 0 Å². The number of hydrogen-bond donors (Lipinski definition) is 0. The fraction of sp³-hybridized carbons (Fsp3) is 1.00. The highest BCUT2D eigenvalue weighted by molar-refractivity contribution is 5.16. The number of hydrogen-bond acceptors (Lipinski definition) is 0. The second-order valence-electron chi connectivity index (χ2n) is 8.69. The Hall–Kier alpha value is 0. The van der Waals surface area contributed by atoms with E-state index in [-0.39, 0.29) is 0 Å². The van der Waals surface area contributed by atoms with Crippen molar-refractivity contribution in [2.75, 3.05) is 0 Å². The molecule has 0 heterocycles. The third-order valence-corrected chi connectivity index (χ3v) is 8.71. The lowest BCUT2D eigenvalue weighted by molar-refractivity contribution is -0.122. The second kappa shape index (κ2) is 3.76. The first-order valence-corrected chi connectivity index (χ1v) is 8.03. The zero-order valence-electron chi connectivity index (χ0n) is 14.1. The lowest BCUT2D eigenvalue weighted by atomic mass is 9.44. The summed E-state index contributed by atoms with van der Waals surface area (Å²) >= 11 is 0. The van der Waals surface area contributed by atoms with Gasteiger partial charge < -0.3 is 0 Å². The summed E-state index contributed by atoms with van der Waals surface area (Å²) in [5.41, 5.74) is 1.55. The first kappa shape index (κ1) is 14.4. The summed E-state index contributed by atoms with van der Waals surface area (Å²) in [4.78, 5) is 0. The minimum Gasteiger partial charge on any atom is -0.0622 e.